The zero-order chi connectivity index (χ0) is 12.8. The summed E-state index contributed by atoms with van der Waals surface area (Å²) in [4.78, 5) is 0.714. The summed E-state index contributed by atoms with van der Waals surface area (Å²) in [5.74, 6) is 0.0933. The van der Waals surface area contributed by atoms with E-state index in [4.69, 9.17) is 10.5 Å². The first-order chi connectivity index (χ1) is 7.97. The van der Waals surface area contributed by atoms with E-state index in [0.29, 0.717) is 16.3 Å². The van der Waals surface area contributed by atoms with E-state index >= 15 is 0 Å². The van der Waals surface area contributed by atoms with E-state index in [0.717, 1.165) is 0 Å². The average molecular weight is 259 g/mol. The minimum absolute atomic E-state index is 0.0967. The summed E-state index contributed by atoms with van der Waals surface area (Å²) in [6.45, 7) is 4.11. The molecule has 0 saturated heterocycles. The largest absolute Gasteiger partial charge is 0.399 e. The number of halogens is 1. The van der Waals surface area contributed by atoms with Crippen molar-refractivity contribution in [2.75, 3.05) is 18.1 Å². The van der Waals surface area contributed by atoms with Crippen molar-refractivity contribution in [1.82, 2.24) is 0 Å². The highest BCUT2D eigenvalue weighted by atomic mass is 32.2. The Bertz CT molecular complexity index is 340. The quantitative estimate of drug-likeness (QED) is 0.608. The smallest absolute Gasteiger partial charge is 0.126 e. The Morgan fingerprint density at radius 2 is 2.12 bits per heavy atom. The number of hydrogen-bond acceptors (Lipinski definition) is 4. The summed E-state index contributed by atoms with van der Waals surface area (Å²) in [5.41, 5.74) is 5.91. The molecule has 96 valence electrons. The normalized spacial score (nSPS) is 13.0. The van der Waals surface area contributed by atoms with E-state index in [-0.39, 0.29) is 18.5 Å². The van der Waals surface area contributed by atoms with Crippen molar-refractivity contribution in [2.24, 2.45) is 0 Å². The van der Waals surface area contributed by atoms with E-state index in [1.165, 1.54) is 23.9 Å². The van der Waals surface area contributed by atoms with Crippen LogP contribution in [0.1, 0.15) is 13.8 Å². The highest BCUT2D eigenvalue weighted by Gasteiger charge is 2.07. The van der Waals surface area contributed by atoms with Gasteiger partial charge in [0.15, 0.2) is 0 Å². The van der Waals surface area contributed by atoms with Gasteiger partial charge >= 0.3 is 0 Å². The number of aliphatic hydroxyl groups excluding tert-OH is 1. The molecule has 0 saturated carbocycles. The molecule has 1 unspecified atom stereocenters. The Kier molecular flexibility index (Phi) is 5.74. The van der Waals surface area contributed by atoms with Crippen LogP contribution in [0.25, 0.3) is 0 Å². The highest BCUT2D eigenvalue weighted by molar-refractivity contribution is 7.99. The number of benzene rings is 1. The Morgan fingerprint density at radius 1 is 1.41 bits per heavy atom. The second-order valence-corrected chi connectivity index (χ2v) is 5.16. The first-order valence-electron chi connectivity index (χ1n) is 5.46. The second kappa shape index (κ2) is 6.83. The molecule has 1 rings (SSSR count). The van der Waals surface area contributed by atoms with Crippen molar-refractivity contribution in [3.63, 3.8) is 0 Å². The lowest BCUT2D eigenvalue weighted by Gasteiger charge is -2.13. The van der Waals surface area contributed by atoms with Crippen LogP contribution in [0.4, 0.5) is 10.1 Å². The first kappa shape index (κ1) is 14.3. The molecule has 0 heterocycles. The van der Waals surface area contributed by atoms with Crippen molar-refractivity contribution in [2.45, 2.75) is 31.0 Å². The maximum Gasteiger partial charge on any atom is 0.126 e. The van der Waals surface area contributed by atoms with Gasteiger partial charge in [-0.15, -0.1) is 11.8 Å². The van der Waals surface area contributed by atoms with Crippen LogP contribution in [0, 0.1) is 5.82 Å². The Labute approximate surface area is 105 Å². The summed E-state index contributed by atoms with van der Waals surface area (Å²) in [6.07, 6.45) is -0.466. The van der Waals surface area contributed by atoms with Gasteiger partial charge in [0.1, 0.15) is 5.82 Å². The van der Waals surface area contributed by atoms with Crippen LogP contribution in [0.5, 0.6) is 0 Å². The lowest BCUT2D eigenvalue weighted by atomic mass is 10.3. The van der Waals surface area contributed by atoms with Gasteiger partial charge in [0, 0.05) is 16.3 Å². The van der Waals surface area contributed by atoms with E-state index in [1.54, 1.807) is 6.07 Å². The molecule has 1 atom stereocenters. The predicted octanol–water partition coefficient (Wildman–Crippen LogP) is 2.29. The fourth-order valence-corrected chi connectivity index (χ4v) is 2.11. The lowest BCUT2D eigenvalue weighted by Crippen LogP contribution is -2.20. The fraction of sp³-hybridized carbons (Fsp3) is 0.500. The molecule has 0 amide bonds. The number of hydrogen-bond donors (Lipinski definition) is 2. The standard InChI is InChI=1S/C12H18FNO2S/c1-8(2)16-6-11(15)7-17-12-4-9(13)3-10(14)5-12/h3-5,8,11,15H,6-7,14H2,1-2H3. The van der Waals surface area contributed by atoms with Crippen LogP contribution < -0.4 is 5.73 Å². The van der Waals surface area contributed by atoms with Gasteiger partial charge in [-0.1, -0.05) is 0 Å². The van der Waals surface area contributed by atoms with Gasteiger partial charge in [-0.05, 0) is 32.0 Å². The number of aliphatic hydroxyl groups is 1. The number of nitrogens with two attached hydrogens (primary N) is 1. The molecule has 17 heavy (non-hydrogen) atoms. The molecule has 3 N–H and O–H groups in total. The molecule has 0 fully saturated rings. The molecular weight excluding hydrogens is 241 g/mol. The molecule has 0 spiro atoms. The lowest BCUT2D eigenvalue weighted by molar-refractivity contribution is 0.0152. The van der Waals surface area contributed by atoms with Crippen molar-refractivity contribution >= 4 is 17.4 Å². The Hall–Kier alpha value is -0.780. The fourth-order valence-electron chi connectivity index (χ4n) is 1.21. The number of nitrogen functional groups attached to an aromatic ring is 1. The van der Waals surface area contributed by atoms with Crippen molar-refractivity contribution in [1.29, 1.82) is 0 Å². The highest BCUT2D eigenvalue weighted by Crippen LogP contribution is 2.22. The summed E-state index contributed by atoms with van der Waals surface area (Å²) in [5, 5.41) is 9.63. The third-order valence-corrected chi connectivity index (χ3v) is 3.08. The van der Waals surface area contributed by atoms with Crippen LogP contribution in [0.3, 0.4) is 0 Å². The third kappa shape index (κ3) is 5.91. The molecule has 1 aromatic rings. The number of anilines is 1. The van der Waals surface area contributed by atoms with Gasteiger partial charge in [-0.2, -0.15) is 0 Å². The summed E-state index contributed by atoms with van der Waals surface area (Å²) < 4.78 is 18.3. The average Bonchev–Trinajstić information content (AvgIpc) is 2.22. The van der Waals surface area contributed by atoms with Gasteiger partial charge in [0.05, 0.1) is 18.8 Å². The zero-order valence-corrected chi connectivity index (χ0v) is 10.8. The van der Waals surface area contributed by atoms with Crippen LogP contribution in [0.2, 0.25) is 0 Å². The Balaban J connectivity index is 2.39. The van der Waals surface area contributed by atoms with Crippen molar-refractivity contribution in [3.05, 3.63) is 24.0 Å². The molecule has 5 heteroatoms. The maximum absolute atomic E-state index is 13.0. The van der Waals surface area contributed by atoms with Crippen LogP contribution in [-0.2, 0) is 4.74 Å². The monoisotopic (exact) mass is 259 g/mol. The zero-order valence-electron chi connectivity index (χ0n) is 10.0. The van der Waals surface area contributed by atoms with Gasteiger partial charge in [-0.25, -0.2) is 4.39 Å². The molecule has 0 aliphatic heterocycles. The number of thioether (sulfide) groups is 1. The topological polar surface area (TPSA) is 55.5 Å². The maximum atomic E-state index is 13.0. The SMILES string of the molecule is CC(C)OCC(O)CSc1cc(N)cc(F)c1. The third-order valence-electron chi connectivity index (χ3n) is 1.96. The molecular formula is C12H18FNO2S. The van der Waals surface area contributed by atoms with E-state index in [9.17, 15) is 9.50 Å². The van der Waals surface area contributed by atoms with Crippen molar-refractivity contribution < 1.29 is 14.2 Å². The van der Waals surface area contributed by atoms with Gasteiger partial charge in [0.25, 0.3) is 0 Å². The molecule has 0 aliphatic rings. The Morgan fingerprint density at radius 3 is 2.71 bits per heavy atom. The number of rotatable bonds is 6. The predicted molar refractivity (Wildman–Crippen MR) is 68.6 cm³/mol. The molecule has 0 bridgehead atoms. The summed E-state index contributed by atoms with van der Waals surface area (Å²) >= 11 is 1.36. The summed E-state index contributed by atoms with van der Waals surface area (Å²) in [7, 11) is 0. The van der Waals surface area contributed by atoms with Crippen LogP contribution in [0.15, 0.2) is 23.1 Å². The van der Waals surface area contributed by atoms with Crippen molar-refractivity contribution in [3.8, 4) is 0 Å². The molecule has 1 aromatic carbocycles. The molecule has 3 nitrogen and oxygen atoms in total. The van der Waals surface area contributed by atoms with Crippen LogP contribution >= 0.6 is 11.8 Å². The van der Waals surface area contributed by atoms with Gasteiger partial charge in [0.2, 0.25) is 0 Å². The van der Waals surface area contributed by atoms with E-state index < -0.39 is 6.10 Å². The number of ether oxygens (including phenoxy) is 1. The molecule has 0 aliphatic carbocycles. The minimum atomic E-state index is -0.563. The van der Waals surface area contributed by atoms with Gasteiger partial charge in [-0.3, -0.25) is 0 Å². The van der Waals surface area contributed by atoms with E-state index in [1.807, 2.05) is 13.8 Å². The minimum Gasteiger partial charge on any atom is -0.399 e. The second-order valence-electron chi connectivity index (χ2n) is 4.07. The van der Waals surface area contributed by atoms with Gasteiger partial charge < -0.3 is 15.6 Å². The van der Waals surface area contributed by atoms with E-state index in [2.05, 4.69) is 0 Å². The first-order valence-corrected chi connectivity index (χ1v) is 6.44. The van der Waals surface area contributed by atoms with Crippen LogP contribution in [-0.4, -0.2) is 29.7 Å². The molecule has 0 aromatic heterocycles. The summed E-state index contributed by atoms with van der Waals surface area (Å²) in [6, 6.07) is 4.35. The molecule has 0 radical (unpaired) electrons.